The van der Waals surface area contributed by atoms with E-state index in [1.807, 2.05) is 53.7 Å². The van der Waals surface area contributed by atoms with Crippen molar-refractivity contribution in [3.05, 3.63) is 51.0 Å². The van der Waals surface area contributed by atoms with E-state index in [1.54, 1.807) is 12.1 Å². The summed E-state index contributed by atoms with van der Waals surface area (Å²) in [4.78, 5) is 18.1. The van der Waals surface area contributed by atoms with Gasteiger partial charge < -0.3 is 14.7 Å². The van der Waals surface area contributed by atoms with Crippen molar-refractivity contribution >= 4 is 27.6 Å². The summed E-state index contributed by atoms with van der Waals surface area (Å²) < 4.78 is 6.88. The normalized spacial score (nSPS) is 22.6. The average Bonchev–Trinajstić information content (AvgIpc) is 3.12. The second-order valence-corrected chi connectivity index (χ2v) is 13.1. The molecule has 2 aromatic carbocycles. The van der Waals surface area contributed by atoms with Crippen molar-refractivity contribution in [2.45, 2.75) is 77.3 Å². The van der Waals surface area contributed by atoms with Crippen molar-refractivity contribution in [2.75, 3.05) is 25.5 Å². The van der Waals surface area contributed by atoms with Crippen molar-refractivity contribution in [3.8, 4) is 11.5 Å². The number of carbonyl (C=O) groups is 1. The highest BCUT2D eigenvalue weighted by molar-refractivity contribution is 9.10. The SMILES string of the molecule is CN1CC[C@@]2(C)c3cc(OC(=O)c4cc(C(C)(C)C)c(O)c(C(C)(C)C)c4)cc(Br)c3N(C)[C@@H]12. The molecule has 2 aromatic rings. The van der Waals surface area contributed by atoms with E-state index in [9.17, 15) is 9.90 Å². The number of phenolic OH excluding ortho intramolecular Hbond substituents is 1. The van der Waals surface area contributed by atoms with Gasteiger partial charge in [0.05, 0.1) is 17.4 Å². The Morgan fingerprint density at radius 2 is 1.62 bits per heavy atom. The number of hydrogen-bond acceptors (Lipinski definition) is 5. The van der Waals surface area contributed by atoms with Crippen molar-refractivity contribution in [1.29, 1.82) is 0 Å². The van der Waals surface area contributed by atoms with E-state index in [0.717, 1.165) is 34.3 Å². The molecule has 0 unspecified atom stereocenters. The van der Waals surface area contributed by atoms with Crippen molar-refractivity contribution in [2.24, 2.45) is 0 Å². The molecule has 2 atom stereocenters. The van der Waals surface area contributed by atoms with E-state index >= 15 is 0 Å². The molecule has 5 nitrogen and oxygen atoms in total. The lowest BCUT2D eigenvalue weighted by Gasteiger charge is -2.32. The predicted molar refractivity (Wildman–Crippen MR) is 141 cm³/mol. The van der Waals surface area contributed by atoms with Crippen LogP contribution in [-0.4, -0.2) is 42.8 Å². The smallest absolute Gasteiger partial charge is 0.343 e. The third kappa shape index (κ3) is 3.93. The fourth-order valence-electron chi connectivity index (χ4n) is 5.75. The van der Waals surface area contributed by atoms with Gasteiger partial charge in [-0.1, -0.05) is 48.5 Å². The molecule has 0 bridgehead atoms. The average molecular weight is 530 g/mol. The number of fused-ring (bicyclic) bond motifs is 3. The highest BCUT2D eigenvalue weighted by atomic mass is 79.9. The Labute approximate surface area is 212 Å². The molecule has 2 heterocycles. The van der Waals surface area contributed by atoms with Gasteiger partial charge in [-0.25, -0.2) is 4.79 Å². The zero-order chi connectivity index (χ0) is 25.4. The number of nitrogens with zero attached hydrogens (tertiary/aromatic N) is 2. The lowest BCUT2D eigenvalue weighted by Crippen LogP contribution is -2.45. The Bertz CT molecular complexity index is 1130. The number of halogens is 1. The molecule has 1 fully saturated rings. The van der Waals surface area contributed by atoms with Crippen LogP contribution in [-0.2, 0) is 16.2 Å². The highest BCUT2D eigenvalue weighted by Gasteiger charge is 2.53. The van der Waals surface area contributed by atoms with Gasteiger partial charge in [0.1, 0.15) is 11.5 Å². The van der Waals surface area contributed by atoms with E-state index in [0.29, 0.717) is 11.3 Å². The summed E-state index contributed by atoms with van der Waals surface area (Å²) in [6.07, 6.45) is 1.34. The van der Waals surface area contributed by atoms with Crippen molar-refractivity contribution < 1.29 is 14.6 Å². The maximum absolute atomic E-state index is 13.4. The Morgan fingerprint density at radius 3 is 2.15 bits per heavy atom. The first-order valence-electron chi connectivity index (χ1n) is 11.9. The molecular weight excluding hydrogens is 492 g/mol. The molecule has 0 aromatic heterocycles. The van der Waals surface area contributed by atoms with Gasteiger partial charge in [-0.3, -0.25) is 4.90 Å². The molecule has 184 valence electrons. The summed E-state index contributed by atoms with van der Waals surface area (Å²) in [6.45, 7) is 15.5. The first-order chi connectivity index (χ1) is 15.6. The number of rotatable bonds is 2. The standard InChI is InChI=1S/C28H37BrN2O3/c1-26(2,3)19-12-16(13-20(23(19)32)27(4,5)6)24(33)34-17-14-18-22(21(29)15-17)31(9)25-28(18,7)10-11-30(25)8/h12-15,25,32H,10-11H2,1-9H3/t25-,28+/m1/s1. The topological polar surface area (TPSA) is 53.0 Å². The molecule has 1 saturated heterocycles. The van der Waals surface area contributed by atoms with Gasteiger partial charge in [0, 0.05) is 34.6 Å². The van der Waals surface area contributed by atoms with E-state index in [1.165, 1.54) is 5.56 Å². The monoisotopic (exact) mass is 528 g/mol. The van der Waals surface area contributed by atoms with Crippen LogP contribution in [0.4, 0.5) is 5.69 Å². The van der Waals surface area contributed by atoms with Crippen LogP contribution >= 0.6 is 15.9 Å². The van der Waals surface area contributed by atoms with Gasteiger partial charge in [-0.2, -0.15) is 0 Å². The van der Waals surface area contributed by atoms with Gasteiger partial charge in [-0.15, -0.1) is 0 Å². The summed E-state index contributed by atoms with van der Waals surface area (Å²) >= 11 is 3.74. The number of ether oxygens (including phenoxy) is 1. The Kier molecular flexibility index (Phi) is 5.89. The van der Waals surface area contributed by atoms with Crippen LogP contribution in [0.1, 0.15) is 81.9 Å². The molecule has 1 N–H and O–H groups in total. The molecular formula is C28H37BrN2O3. The maximum Gasteiger partial charge on any atom is 0.343 e. The van der Waals surface area contributed by atoms with Crippen LogP contribution in [0.5, 0.6) is 11.5 Å². The largest absolute Gasteiger partial charge is 0.507 e. The molecule has 0 radical (unpaired) electrons. The zero-order valence-electron chi connectivity index (χ0n) is 21.8. The third-order valence-electron chi connectivity index (χ3n) is 7.52. The Balaban J connectivity index is 1.74. The minimum absolute atomic E-state index is 0.0267. The van der Waals surface area contributed by atoms with E-state index in [4.69, 9.17) is 4.74 Å². The second-order valence-electron chi connectivity index (χ2n) is 12.2. The van der Waals surface area contributed by atoms with Gasteiger partial charge in [0.25, 0.3) is 0 Å². The van der Waals surface area contributed by atoms with Crippen LogP contribution in [0.25, 0.3) is 0 Å². The van der Waals surface area contributed by atoms with Crippen LogP contribution in [0, 0.1) is 0 Å². The van der Waals surface area contributed by atoms with Crippen LogP contribution < -0.4 is 9.64 Å². The number of phenols is 1. The fraction of sp³-hybridized carbons (Fsp3) is 0.536. The van der Waals surface area contributed by atoms with E-state index in [2.05, 4.69) is 46.7 Å². The van der Waals surface area contributed by atoms with Gasteiger partial charge in [-0.05, 0) is 70.1 Å². The molecule has 0 amide bonds. The molecule has 2 aliphatic rings. The summed E-state index contributed by atoms with van der Waals surface area (Å²) in [7, 11) is 4.29. The number of anilines is 1. The highest BCUT2D eigenvalue weighted by Crippen LogP contribution is 2.54. The van der Waals surface area contributed by atoms with Crippen LogP contribution in [0.3, 0.4) is 0 Å². The quantitative estimate of drug-likeness (QED) is 0.364. The number of likely N-dealkylation sites (tertiary alicyclic amines) is 1. The number of aromatic hydroxyl groups is 1. The summed E-state index contributed by atoms with van der Waals surface area (Å²) in [5, 5.41) is 11.0. The maximum atomic E-state index is 13.4. The second kappa shape index (κ2) is 7.99. The van der Waals surface area contributed by atoms with E-state index in [-0.39, 0.29) is 28.2 Å². The van der Waals surface area contributed by atoms with Crippen LogP contribution in [0.2, 0.25) is 0 Å². The number of esters is 1. The third-order valence-corrected chi connectivity index (χ3v) is 8.12. The van der Waals surface area contributed by atoms with E-state index < -0.39 is 5.97 Å². The van der Waals surface area contributed by atoms with Crippen molar-refractivity contribution in [1.82, 2.24) is 4.90 Å². The number of benzene rings is 2. The minimum atomic E-state index is -0.417. The summed E-state index contributed by atoms with van der Waals surface area (Å²) in [6, 6.07) is 7.45. The Hall–Kier alpha value is -2.05. The first kappa shape index (κ1) is 25.1. The molecule has 6 heteroatoms. The molecule has 4 rings (SSSR count). The minimum Gasteiger partial charge on any atom is -0.507 e. The summed E-state index contributed by atoms with van der Waals surface area (Å²) in [5.74, 6) is 0.367. The fourth-order valence-corrected chi connectivity index (χ4v) is 6.47. The number of hydrogen-bond donors (Lipinski definition) is 1. The lowest BCUT2D eigenvalue weighted by molar-refractivity contribution is 0.0734. The molecule has 0 spiro atoms. The van der Waals surface area contributed by atoms with Crippen molar-refractivity contribution in [3.63, 3.8) is 0 Å². The predicted octanol–water partition coefficient (Wildman–Crippen LogP) is 6.34. The Morgan fingerprint density at radius 1 is 1.06 bits per heavy atom. The molecule has 34 heavy (non-hydrogen) atoms. The first-order valence-corrected chi connectivity index (χ1v) is 12.7. The number of likely N-dealkylation sites (N-methyl/N-ethyl adjacent to an activating group) is 2. The van der Waals surface area contributed by atoms with Gasteiger partial charge >= 0.3 is 5.97 Å². The van der Waals surface area contributed by atoms with Gasteiger partial charge in [0.2, 0.25) is 0 Å². The molecule has 2 aliphatic heterocycles. The molecule has 0 saturated carbocycles. The lowest BCUT2D eigenvalue weighted by atomic mass is 9.78. The summed E-state index contributed by atoms with van der Waals surface area (Å²) in [5.41, 5.74) is 3.64. The zero-order valence-corrected chi connectivity index (χ0v) is 23.4. The van der Waals surface area contributed by atoms with Crippen LogP contribution in [0.15, 0.2) is 28.7 Å². The molecule has 0 aliphatic carbocycles. The number of carbonyl (C=O) groups excluding carboxylic acids is 1. The van der Waals surface area contributed by atoms with Gasteiger partial charge in [0.15, 0.2) is 0 Å².